The molecule has 30 heavy (non-hydrogen) atoms. The van der Waals surface area contributed by atoms with Gasteiger partial charge in [-0.1, -0.05) is 46.5 Å². The van der Waals surface area contributed by atoms with E-state index in [-0.39, 0.29) is 12.1 Å². The molecule has 2 rings (SSSR count). The van der Waals surface area contributed by atoms with Crippen LogP contribution in [0.2, 0.25) is 0 Å². The van der Waals surface area contributed by atoms with Crippen molar-refractivity contribution < 1.29 is 19.0 Å². The van der Waals surface area contributed by atoms with Gasteiger partial charge < -0.3 is 14.2 Å². The van der Waals surface area contributed by atoms with Crippen molar-refractivity contribution >= 4 is 5.97 Å². The summed E-state index contributed by atoms with van der Waals surface area (Å²) in [5.74, 6) is 2.18. The molecule has 0 aliphatic rings. The summed E-state index contributed by atoms with van der Waals surface area (Å²) in [6.45, 7) is 9.28. The first kappa shape index (κ1) is 23.8. The maximum atomic E-state index is 12.4. The quantitative estimate of drug-likeness (QED) is 0.200. The maximum Gasteiger partial charge on any atom is 0.343 e. The summed E-state index contributed by atoms with van der Waals surface area (Å²) in [7, 11) is 0. The molecule has 164 valence electrons. The molecule has 0 spiro atoms. The van der Waals surface area contributed by atoms with Crippen LogP contribution in [0.1, 0.15) is 76.6 Å². The van der Waals surface area contributed by atoms with Crippen LogP contribution < -0.4 is 14.2 Å². The fraction of sp³-hybridized carbons (Fsp3) is 0.500. The van der Waals surface area contributed by atoms with Crippen molar-refractivity contribution in [3.8, 4) is 17.2 Å². The number of esters is 1. The van der Waals surface area contributed by atoms with Crippen LogP contribution in [0.3, 0.4) is 0 Å². The lowest BCUT2D eigenvalue weighted by molar-refractivity contribution is 0.0734. The highest BCUT2D eigenvalue weighted by Gasteiger charge is 2.10. The summed E-state index contributed by atoms with van der Waals surface area (Å²) < 4.78 is 17.1. The molecular weight excluding hydrogens is 376 g/mol. The molecule has 1 unspecified atom stereocenters. The lowest BCUT2D eigenvalue weighted by Gasteiger charge is -2.15. The minimum atomic E-state index is -0.387. The van der Waals surface area contributed by atoms with Crippen LogP contribution in [-0.2, 0) is 0 Å². The van der Waals surface area contributed by atoms with E-state index in [1.165, 1.54) is 25.7 Å². The van der Waals surface area contributed by atoms with Gasteiger partial charge in [0.15, 0.2) is 0 Å². The summed E-state index contributed by atoms with van der Waals surface area (Å²) in [5, 5.41) is 0. The van der Waals surface area contributed by atoms with E-state index in [0.717, 1.165) is 24.3 Å². The third-order valence-electron chi connectivity index (χ3n) is 5.16. The van der Waals surface area contributed by atoms with Gasteiger partial charge in [0, 0.05) is 0 Å². The Balaban J connectivity index is 1.81. The van der Waals surface area contributed by atoms with E-state index in [0.29, 0.717) is 23.8 Å². The SMILES string of the molecule is CCCCCC[C@@H](C)Oc1ccc(C(=O)Oc2ccc(OCC(C)CC)cc2)cc1. The zero-order chi connectivity index (χ0) is 21.8. The summed E-state index contributed by atoms with van der Waals surface area (Å²) >= 11 is 0. The average Bonchev–Trinajstić information content (AvgIpc) is 2.76. The lowest BCUT2D eigenvalue weighted by atomic mass is 10.1. The van der Waals surface area contributed by atoms with Gasteiger partial charge in [0.2, 0.25) is 0 Å². The van der Waals surface area contributed by atoms with Gasteiger partial charge >= 0.3 is 5.97 Å². The summed E-state index contributed by atoms with van der Waals surface area (Å²) in [6.07, 6.45) is 7.24. The Morgan fingerprint density at radius 1 is 0.833 bits per heavy atom. The highest BCUT2D eigenvalue weighted by molar-refractivity contribution is 5.91. The van der Waals surface area contributed by atoms with Gasteiger partial charge in [-0.05, 0) is 74.2 Å². The van der Waals surface area contributed by atoms with E-state index < -0.39 is 0 Å². The molecule has 0 amide bonds. The minimum absolute atomic E-state index is 0.167. The van der Waals surface area contributed by atoms with Crippen LogP contribution in [0.25, 0.3) is 0 Å². The van der Waals surface area contributed by atoms with Crippen LogP contribution in [0.4, 0.5) is 0 Å². The van der Waals surface area contributed by atoms with E-state index in [1.807, 2.05) is 24.3 Å². The standard InChI is InChI=1S/C26H36O4/c1-5-7-8-9-10-21(4)29-24-13-11-22(12-14-24)26(27)30-25-17-15-23(16-18-25)28-19-20(3)6-2/h11-18,20-21H,5-10,19H2,1-4H3/t20?,21-/m1/s1. The van der Waals surface area contributed by atoms with Crippen molar-refractivity contribution in [1.82, 2.24) is 0 Å². The molecule has 0 radical (unpaired) electrons. The molecule has 0 aromatic heterocycles. The van der Waals surface area contributed by atoms with Gasteiger partial charge in [-0.15, -0.1) is 0 Å². The third kappa shape index (κ3) is 8.48. The lowest BCUT2D eigenvalue weighted by Crippen LogP contribution is -2.12. The normalized spacial score (nSPS) is 12.8. The second-order valence-electron chi connectivity index (χ2n) is 7.99. The topological polar surface area (TPSA) is 44.8 Å². The number of ether oxygens (including phenoxy) is 3. The monoisotopic (exact) mass is 412 g/mol. The average molecular weight is 413 g/mol. The molecule has 2 aromatic carbocycles. The Morgan fingerprint density at radius 2 is 1.47 bits per heavy atom. The zero-order valence-corrected chi connectivity index (χ0v) is 18.9. The van der Waals surface area contributed by atoms with E-state index in [4.69, 9.17) is 14.2 Å². The number of rotatable bonds is 13. The first-order valence-corrected chi connectivity index (χ1v) is 11.2. The van der Waals surface area contributed by atoms with Crippen molar-refractivity contribution in [2.24, 2.45) is 5.92 Å². The second kappa shape index (κ2) is 12.9. The van der Waals surface area contributed by atoms with Crippen molar-refractivity contribution in [2.45, 2.75) is 72.3 Å². The van der Waals surface area contributed by atoms with Crippen molar-refractivity contribution in [1.29, 1.82) is 0 Å². The van der Waals surface area contributed by atoms with Crippen LogP contribution in [0.15, 0.2) is 48.5 Å². The molecule has 0 fully saturated rings. The number of carbonyl (C=O) groups is 1. The number of hydrogen-bond acceptors (Lipinski definition) is 4. The molecule has 0 heterocycles. The van der Waals surface area contributed by atoms with Crippen molar-refractivity contribution in [3.05, 3.63) is 54.1 Å². The van der Waals surface area contributed by atoms with Gasteiger partial charge in [0.1, 0.15) is 17.2 Å². The van der Waals surface area contributed by atoms with Crippen LogP contribution in [0, 0.1) is 5.92 Å². The van der Waals surface area contributed by atoms with Gasteiger partial charge in [-0.3, -0.25) is 0 Å². The predicted octanol–water partition coefficient (Wildman–Crippen LogP) is 7.07. The first-order valence-electron chi connectivity index (χ1n) is 11.2. The van der Waals surface area contributed by atoms with Crippen molar-refractivity contribution in [2.75, 3.05) is 6.61 Å². The number of benzene rings is 2. The molecule has 0 aliphatic carbocycles. The second-order valence-corrected chi connectivity index (χ2v) is 7.99. The van der Waals surface area contributed by atoms with Crippen LogP contribution in [-0.4, -0.2) is 18.7 Å². The number of carbonyl (C=O) groups excluding carboxylic acids is 1. The van der Waals surface area contributed by atoms with Gasteiger partial charge in [0.25, 0.3) is 0 Å². The molecule has 4 heteroatoms. The van der Waals surface area contributed by atoms with E-state index >= 15 is 0 Å². The van der Waals surface area contributed by atoms with Crippen LogP contribution in [0.5, 0.6) is 17.2 Å². The molecule has 2 aromatic rings. The summed E-state index contributed by atoms with van der Waals surface area (Å²) in [5.41, 5.74) is 0.495. The predicted molar refractivity (Wildman–Crippen MR) is 122 cm³/mol. The largest absolute Gasteiger partial charge is 0.493 e. The van der Waals surface area contributed by atoms with Gasteiger partial charge in [-0.25, -0.2) is 4.79 Å². The molecular formula is C26H36O4. The first-order chi connectivity index (χ1) is 14.5. The summed E-state index contributed by atoms with van der Waals surface area (Å²) in [4.78, 5) is 12.4. The Bertz CT molecular complexity index is 737. The Kier molecular flexibility index (Phi) is 10.3. The highest BCUT2D eigenvalue weighted by atomic mass is 16.5. The minimum Gasteiger partial charge on any atom is -0.493 e. The molecule has 0 saturated heterocycles. The highest BCUT2D eigenvalue weighted by Crippen LogP contribution is 2.21. The number of hydrogen-bond donors (Lipinski definition) is 0. The van der Waals surface area contributed by atoms with Gasteiger partial charge in [0.05, 0.1) is 18.3 Å². The third-order valence-corrected chi connectivity index (χ3v) is 5.16. The smallest absolute Gasteiger partial charge is 0.343 e. The van der Waals surface area contributed by atoms with Gasteiger partial charge in [-0.2, -0.15) is 0 Å². The molecule has 2 atom stereocenters. The Labute approximate surface area is 181 Å². The Hall–Kier alpha value is -2.49. The Morgan fingerprint density at radius 3 is 2.10 bits per heavy atom. The molecule has 0 N–H and O–H groups in total. The van der Waals surface area contributed by atoms with Crippen LogP contribution >= 0.6 is 0 Å². The van der Waals surface area contributed by atoms with E-state index in [1.54, 1.807) is 24.3 Å². The molecule has 4 nitrogen and oxygen atoms in total. The molecule has 0 aliphatic heterocycles. The van der Waals surface area contributed by atoms with Crippen molar-refractivity contribution in [3.63, 3.8) is 0 Å². The van der Waals surface area contributed by atoms with E-state index in [2.05, 4.69) is 27.7 Å². The molecule has 0 saturated carbocycles. The fourth-order valence-corrected chi connectivity index (χ4v) is 2.95. The van der Waals surface area contributed by atoms with E-state index in [9.17, 15) is 4.79 Å². The summed E-state index contributed by atoms with van der Waals surface area (Å²) in [6, 6.07) is 14.3. The maximum absolute atomic E-state index is 12.4. The molecule has 0 bridgehead atoms. The fourth-order valence-electron chi connectivity index (χ4n) is 2.95. The number of unbranched alkanes of at least 4 members (excludes halogenated alkanes) is 3. The zero-order valence-electron chi connectivity index (χ0n) is 18.9.